The third-order valence-electron chi connectivity index (χ3n) is 3.10. The molecule has 1 aromatic rings. The van der Waals surface area contributed by atoms with Crippen LogP contribution in [0.15, 0.2) is 18.2 Å². The number of carboxylic acids is 2. The minimum Gasteiger partial charge on any atom is -0.481 e. The number of carboxylic acid groups (broad SMARTS) is 2. The highest BCUT2D eigenvalue weighted by molar-refractivity contribution is 5.91. The number of hydrogen-bond donors (Lipinski definition) is 3. The van der Waals surface area contributed by atoms with Crippen molar-refractivity contribution in [3.8, 4) is 0 Å². The third-order valence-corrected chi connectivity index (χ3v) is 3.10. The minimum absolute atomic E-state index is 0.0696. The van der Waals surface area contributed by atoms with Crippen LogP contribution >= 0.6 is 0 Å². The Bertz CT molecular complexity index is 501. The summed E-state index contributed by atoms with van der Waals surface area (Å²) in [6.45, 7) is 1.94. The topological polar surface area (TPSA) is 89.9 Å². The number of carbonyl (C=O) groups is 2. The first-order chi connectivity index (χ1) is 9.08. The molecule has 1 aliphatic rings. The molecule has 0 atom stereocenters. The van der Waals surface area contributed by atoms with Gasteiger partial charge >= 0.3 is 11.9 Å². The molecule has 1 heterocycles. The highest BCUT2D eigenvalue weighted by Gasteiger charge is 2.17. The van der Waals surface area contributed by atoms with Crippen LogP contribution in [-0.4, -0.2) is 41.8 Å². The molecule has 0 fully saturated rings. The summed E-state index contributed by atoms with van der Waals surface area (Å²) >= 11 is 0. The Kier molecular flexibility index (Phi) is 3.89. The fourth-order valence-corrected chi connectivity index (χ4v) is 2.16. The Morgan fingerprint density at radius 1 is 1.32 bits per heavy atom. The van der Waals surface area contributed by atoms with Crippen molar-refractivity contribution in [1.29, 1.82) is 0 Å². The van der Waals surface area contributed by atoms with Gasteiger partial charge in [-0.05, 0) is 24.6 Å². The molecule has 0 saturated heterocycles. The Morgan fingerprint density at radius 3 is 2.79 bits per heavy atom. The molecule has 0 spiro atoms. The highest BCUT2D eigenvalue weighted by Crippen LogP contribution is 2.29. The molecule has 0 radical (unpaired) electrons. The number of aromatic carboxylic acids is 1. The lowest BCUT2D eigenvalue weighted by Gasteiger charge is -2.23. The van der Waals surface area contributed by atoms with Crippen LogP contribution < -0.4 is 10.2 Å². The molecular weight excluding hydrogens is 248 g/mol. The van der Waals surface area contributed by atoms with Gasteiger partial charge in [0.25, 0.3) is 0 Å². The Hall–Kier alpha value is -2.24. The first kappa shape index (κ1) is 13.2. The van der Waals surface area contributed by atoms with Crippen LogP contribution in [0.2, 0.25) is 0 Å². The van der Waals surface area contributed by atoms with E-state index in [1.165, 1.54) is 0 Å². The molecule has 102 valence electrons. The van der Waals surface area contributed by atoms with Crippen LogP contribution in [0.3, 0.4) is 0 Å². The fraction of sp³-hybridized carbons (Fsp3) is 0.385. The quantitative estimate of drug-likeness (QED) is 0.763. The van der Waals surface area contributed by atoms with Crippen molar-refractivity contribution >= 4 is 23.3 Å². The summed E-state index contributed by atoms with van der Waals surface area (Å²) in [4.78, 5) is 23.6. The van der Waals surface area contributed by atoms with E-state index >= 15 is 0 Å². The Labute approximate surface area is 110 Å². The summed E-state index contributed by atoms with van der Waals surface area (Å²) in [5.41, 5.74) is 1.85. The zero-order valence-corrected chi connectivity index (χ0v) is 10.4. The maximum Gasteiger partial charge on any atom is 0.335 e. The second-order valence-electron chi connectivity index (χ2n) is 4.45. The van der Waals surface area contributed by atoms with Crippen molar-refractivity contribution in [2.24, 2.45) is 0 Å². The molecule has 1 aliphatic heterocycles. The van der Waals surface area contributed by atoms with E-state index in [0.717, 1.165) is 30.9 Å². The van der Waals surface area contributed by atoms with Gasteiger partial charge in [-0.25, -0.2) is 4.79 Å². The molecule has 3 N–H and O–H groups in total. The largest absolute Gasteiger partial charge is 0.481 e. The van der Waals surface area contributed by atoms with Crippen LogP contribution in [0, 0.1) is 0 Å². The summed E-state index contributed by atoms with van der Waals surface area (Å²) in [6, 6.07) is 4.87. The van der Waals surface area contributed by atoms with Gasteiger partial charge in [-0.1, -0.05) is 0 Å². The molecule has 0 aliphatic carbocycles. The molecule has 6 heteroatoms. The van der Waals surface area contributed by atoms with Crippen LogP contribution in [0.25, 0.3) is 0 Å². The van der Waals surface area contributed by atoms with Crippen LogP contribution in [0.1, 0.15) is 23.2 Å². The molecule has 19 heavy (non-hydrogen) atoms. The molecule has 6 nitrogen and oxygen atoms in total. The molecule has 2 rings (SSSR count). The smallest absolute Gasteiger partial charge is 0.335 e. The Balaban J connectivity index is 2.26. The van der Waals surface area contributed by atoms with Crippen molar-refractivity contribution in [3.63, 3.8) is 0 Å². The maximum absolute atomic E-state index is 11.0. The lowest BCUT2D eigenvalue weighted by molar-refractivity contribution is -0.136. The van der Waals surface area contributed by atoms with Gasteiger partial charge in [0.1, 0.15) is 0 Å². The summed E-state index contributed by atoms with van der Waals surface area (Å²) in [7, 11) is 0. The van der Waals surface area contributed by atoms with Gasteiger partial charge in [0.15, 0.2) is 0 Å². The van der Waals surface area contributed by atoms with Gasteiger partial charge < -0.3 is 20.4 Å². The van der Waals surface area contributed by atoms with Crippen molar-refractivity contribution in [2.45, 2.75) is 12.8 Å². The maximum atomic E-state index is 11.0. The van der Waals surface area contributed by atoms with E-state index in [2.05, 4.69) is 5.32 Å². The number of nitrogens with one attached hydrogen (secondary N) is 1. The normalized spacial score (nSPS) is 14.2. The predicted molar refractivity (Wildman–Crippen MR) is 71.0 cm³/mol. The number of nitrogens with zero attached hydrogens (tertiary/aromatic N) is 1. The molecule has 0 bridgehead atoms. The molecule has 0 aromatic heterocycles. The summed E-state index contributed by atoms with van der Waals surface area (Å²) in [5, 5.41) is 20.9. The first-order valence-corrected chi connectivity index (χ1v) is 6.16. The first-order valence-electron chi connectivity index (χ1n) is 6.16. The molecule has 1 aromatic carbocycles. The zero-order chi connectivity index (χ0) is 13.8. The Morgan fingerprint density at radius 2 is 2.11 bits per heavy atom. The average molecular weight is 264 g/mol. The molecule has 0 amide bonds. The molecule has 0 saturated carbocycles. The van der Waals surface area contributed by atoms with Gasteiger partial charge in [0.05, 0.1) is 23.4 Å². The van der Waals surface area contributed by atoms with Crippen molar-refractivity contribution in [3.05, 3.63) is 23.8 Å². The van der Waals surface area contributed by atoms with Gasteiger partial charge in [0.2, 0.25) is 0 Å². The van der Waals surface area contributed by atoms with E-state index in [0.29, 0.717) is 6.54 Å². The number of fused-ring (bicyclic) bond motifs is 1. The van der Waals surface area contributed by atoms with Gasteiger partial charge in [-0.15, -0.1) is 0 Å². The number of rotatable bonds is 4. The van der Waals surface area contributed by atoms with E-state index in [-0.39, 0.29) is 12.0 Å². The predicted octanol–water partition coefficient (Wildman–Crippen LogP) is 1.48. The summed E-state index contributed by atoms with van der Waals surface area (Å²) in [5.74, 6) is -1.80. The third kappa shape index (κ3) is 3.15. The van der Waals surface area contributed by atoms with E-state index in [1.54, 1.807) is 18.2 Å². The zero-order valence-electron chi connectivity index (χ0n) is 10.4. The minimum atomic E-state index is -0.967. The van der Waals surface area contributed by atoms with Gasteiger partial charge in [-0.2, -0.15) is 0 Å². The SMILES string of the molecule is O=C(O)CCN1CCCNc2cc(C(=O)O)ccc21. The average Bonchev–Trinajstić information content (AvgIpc) is 2.57. The van der Waals surface area contributed by atoms with Gasteiger partial charge in [-0.3, -0.25) is 4.79 Å². The van der Waals surface area contributed by atoms with Crippen LogP contribution in [-0.2, 0) is 4.79 Å². The standard InChI is InChI=1S/C13H16N2O4/c16-12(17)4-7-15-6-1-5-14-10-8-9(13(18)19)2-3-11(10)15/h2-3,8,14H,1,4-7H2,(H,16,17)(H,18,19). The number of anilines is 2. The van der Waals surface area contributed by atoms with E-state index in [4.69, 9.17) is 10.2 Å². The second-order valence-corrected chi connectivity index (χ2v) is 4.45. The fourth-order valence-electron chi connectivity index (χ4n) is 2.16. The monoisotopic (exact) mass is 264 g/mol. The highest BCUT2D eigenvalue weighted by atomic mass is 16.4. The lowest BCUT2D eigenvalue weighted by Crippen LogP contribution is -2.26. The number of benzene rings is 1. The van der Waals surface area contributed by atoms with Gasteiger partial charge in [0, 0.05) is 19.6 Å². The number of hydrogen-bond acceptors (Lipinski definition) is 4. The van der Waals surface area contributed by atoms with E-state index < -0.39 is 11.9 Å². The van der Waals surface area contributed by atoms with Crippen molar-refractivity contribution < 1.29 is 19.8 Å². The van der Waals surface area contributed by atoms with Crippen molar-refractivity contribution in [2.75, 3.05) is 29.9 Å². The van der Waals surface area contributed by atoms with E-state index in [9.17, 15) is 9.59 Å². The second kappa shape index (κ2) is 5.60. The van der Waals surface area contributed by atoms with Crippen molar-refractivity contribution in [1.82, 2.24) is 0 Å². The summed E-state index contributed by atoms with van der Waals surface area (Å²) < 4.78 is 0. The van der Waals surface area contributed by atoms with E-state index in [1.807, 2.05) is 4.90 Å². The molecular formula is C13H16N2O4. The lowest BCUT2D eigenvalue weighted by atomic mass is 10.1. The number of aliphatic carboxylic acids is 1. The van der Waals surface area contributed by atoms with Crippen LogP contribution in [0.4, 0.5) is 11.4 Å². The molecule has 0 unspecified atom stereocenters. The summed E-state index contributed by atoms with van der Waals surface area (Å²) in [6.07, 6.45) is 0.955. The van der Waals surface area contributed by atoms with Crippen LogP contribution in [0.5, 0.6) is 0 Å².